The highest BCUT2D eigenvalue weighted by Gasteiger charge is 2.19. The molecule has 0 aliphatic heterocycles. The summed E-state index contributed by atoms with van der Waals surface area (Å²) in [6.07, 6.45) is 6.38. The van der Waals surface area contributed by atoms with Gasteiger partial charge in [-0.25, -0.2) is 9.97 Å². The Labute approximate surface area is 149 Å². The Bertz CT molecular complexity index is 915. The van der Waals surface area contributed by atoms with E-state index in [4.69, 9.17) is 11.6 Å². The molecule has 1 aliphatic rings. The molecule has 0 radical (unpaired) electrons. The second-order valence-corrected chi connectivity index (χ2v) is 7.45. The van der Waals surface area contributed by atoms with Crippen LogP contribution in [0.25, 0.3) is 10.2 Å². The molecule has 122 valence electrons. The zero-order valence-corrected chi connectivity index (χ0v) is 14.9. The van der Waals surface area contributed by atoms with Crippen LogP contribution in [-0.2, 0) is 12.8 Å². The second kappa shape index (κ2) is 6.49. The Kier molecular flexibility index (Phi) is 4.21. The molecule has 0 atom stereocenters. The normalized spacial score (nSPS) is 14.7. The minimum absolute atomic E-state index is 0.724. The highest BCUT2D eigenvalue weighted by atomic mass is 35.5. The molecular weight excluding hydrogens is 340 g/mol. The minimum atomic E-state index is 0.724. The summed E-state index contributed by atoms with van der Waals surface area (Å²) in [5, 5.41) is 6.38. The van der Waals surface area contributed by atoms with Crippen molar-refractivity contribution in [3.8, 4) is 0 Å². The van der Waals surface area contributed by atoms with Gasteiger partial charge in [0.25, 0.3) is 0 Å². The number of halogens is 1. The maximum absolute atomic E-state index is 5.94. The van der Waals surface area contributed by atoms with E-state index < -0.39 is 0 Å². The number of nitrogens with one attached hydrogen (secondary N) is 1. The molecule has 0 saturated carbocycles. The van der Waals surface area contributed by atoms with Gasteiger partial charge < -0.3 is 0 Å². The van der Waals surface area contributed by atoms with Gasteiger partial charge in [-0.05, 0) is 55.9 Å². The third-order valence-corrected chi connectivity index (χ3v) is 5.79. The number of rotatable bonds is 3. The first-order valence-corrected chi connectivity index (χ1v) is 9.23. The summed E-state index contributed by atoms with van der Waals surface area (Å²) in [7, 11) is 0. The Morgan fingerprint density at radius 2 is 1.96 bits per heavy atom. The zero-order chi connectivity index (χ0) is 16.5. The van der Waals surface area contributed by atoms with E-state index in [9.17, 15) is 0 Å². The maximum atomic E-state index is 5.94. The van der Waals surface area contributed by atoms with E-state index in [2.05, 4.69) is 20.5 Å². The van der Waals surface area contributed by atoms with Crippen molar-refractivity contribution in [1.82, 2.24) is 9.97 Å². The van der Waals surface area contributed by atoms with Gasteiger partial charge in [-0.2, -0.15) is 5.10 Å². The summed E-state index contributed by atoms with van der Waals surface area (Å²) in [5.41, 5.74) is 6.48. The topological polar surface area (TPSA) is 50.2 Å². The first kappa shape index (κ1) is 15.5. The predicted octanol–water partition coefficient (Wildman–Crippen LogP) is 5.06. The van der Waals surface area contributed by atoms with Crippen LogP contribution in [0.1, 0.15) is 35.8 Å². The number of thiophene rings is 1. The van der Waals surface area contributed by atoms with Crippen molar-refractivity contribution in [2.24, 2.45) is 5.10 Å². The number of aromatic nitrogens is 2. The van der Waals surface area contributed by atoms with Gasteiger partial charge in [-0.1, -0.05) is 23.7 Å². The molecule has 3 aromatic rings. The molecule has 2 heterocycles. The highest BCUT2D eigenvalue weighted by molar-refractivity contribution is 7.19. The van der Waals surface area contributed by atoms with Crippen LogP contribution in [0.15, 0.2) is 35.7 Å². The number of fused-ring (bicyclic) bond motifs is 3. The molecule has 0 fully saturated rings. The third kappa shape index (κ3) is 2.89. The van der Waals surface area contributed by atoms with Crippen molar-refractivity contribution >= 4 is 44.7 Å². The van der Waals surface area contributed by atoms with Crippen LogP contribution in [0.4, 0.5) is 5.82 Å². The second-order valence-electron chi connectivity index (χ2n) is 5.93. The first-order valence-electron chi connectivity index (χ1n) is 8.04. The van der Waals surface area contributed by atoms with E-state index in [1.54, 1.807) is 17.7 Å². The molecule has 4 nitrogen and oxygen atoms in total. The molecule has 0 amide bonds. The van der Waals surface area contributed by atoms with Gasteiger partial charge in [0.15, 0.2) is 5.82 Å². The molecule has 6 heteroatoms. The van der Waals surface area contributed by atoms with Crippen molar-refractivity contribution in [3.63, 3.8) is 0 Å². The van der Waals surface area contributed by atoms with E-state index >= 15 is 0 Å². The van der Waals surface area contributed by atoms with E-state index in [-0.39, 0.29) is 0 Å². The lowest BCUT2D eigenvalue weighted by Gasteiger charge is -2.11. The van der Waals surface area contributed by atoms with E-state index in [1.165, 1.54) is 23.3 Å². The fourth-order valence-electron chi connectivity index (χ4n) is 3.07. The Hall–Kier alpha value is -1.98. The van der Waals surface area contributed by atoms with E-state index in [1.807, 2.05) is 31.2 Å². The van der Waals surface area contributed by atoms with Gasteiger partial charge in [-0.3, -0.25) is 5.43 Å². The number of aryl methyl sites for hydroxylation is 2. The summed E-state index contributed by atoms with van der Waals surface area (Å²) in [6.45, 7) is 1.97. The lowest BCUT2D eigenvalue weighted by molar-refractivity contribution is 0.700. The molecule has 2 aromatic heterocycles. The molecule has 4 rings (SSSR count). The van der Waals surface area contributed by atoms with Crippen LogP contribution in [-0.4, -0.2) is 15.7 Å². The number of benzene rings is 1. The predicted molar refractivity (Wildman–Crippen MR) is 101 cm³/mol. The van der Waals surface area contributed by atoms with Gasteiger partial charge in [0.2, 0.25) is 0 Å². The number of hydrogen-bond donors (Lipinski definition) is 1. The fraction of sp³-hybridized carbons (Fsp3) is 0.278. The number of nitrogens with zero attached hydrogens (tertiary/aromatic N) is 3. The number of hydrogen-bond acceptors (Lipinski definition) is 5. The summed E-state index contributed by atoms with van der Waals surface area (Å²) in [4.78, 5) is 11.4. The van der Waals surface area contributed by atoms with Gasteiger partial charge in [-0.15, -0.1) is 11.3 Å². The molecule has 1 aliphatic carbocycles. The highest BCUT2D eigenvalue weighted by Crippen LogP contribution is 2.38. The van der Waals surface area contributed by atoms with Gasteiger partial charge in [0.1, 0.15) is 11.2 Å². The molecule has 0 spiro atoms. The van der Waals surface area contributed by atoms with Crippen LogP contribution in [0.2, 0.25) is 5.02 Å². The summed E-state index contributed by atoms with van der Waals surface area (Å²) < 4.78 is 0. The Balaban J connectivity index is 1.68. The van der Waals surface area contributed by atoms with Crippen LogP contribution in [0, 0.1) is 0 Å². The van der Waals surface area contributed by atoms with Gasteiger partial charge in [0.05, 0.1) is 11.1 Å². The zero-order valence-electron chi connectivity index (χ0n) is 13.3. The summed E-state index contributed by atoms with van der Waals surface area (Å²) >= 11 is 7.73. The van der Waals surface area contributed by atoms with Crippen molar-refractivity contribution in [1.29, 1.82) is 0 Å². The molecule has 0 bridgehead atoms. The molecule has 0 saturated heterocycles. The van der Waals surface area contributed by atoms with Crippen LogP contribution >= 0.6 is 22.9 Å². The van der Waals surface area contributed by atoms with E-state index in [0.29, 0.717) is 0 Å². The number of anilines is 1. The van der Waals surface area contributed by atoms with Crippen LogP contribution in [0.5, 0.6) is 0 Å². The van der Waals surface area contributed by atoms with E-state index in [0.717, 1.165) is 45.2 Å². The molecule has 24 heavy (non-hydrogen) atoms. The van der Waals surface area contributed by atoms with Crippen molar-refractivity contribution in [3.05, 3.63) is 51.6 Å². The van der Waals surface area contributed by atoms with Crippen molar-refractivity contribution in [2.75, 3.05) is 5.43 Å². The standard InChI is InChI=1S/C18H17ClN4S/c1-11(12-6-8-13(19)9-7-12)22-23-17-16-14-4-2-3-5-15(14)24-18(16)21-10-20-17/h6-10H,2-5H2,1H3,(H,20,21,23). The van der Waals surface area contributed by atoms with Crippen molar-refractivity contribution in [2.45, 2.75) is 32.6 Å². The maximum Gasteiger partial charge on any atom is 0.158 e. The fourth-order valence-corrected chi connectivity index (χ4v) is 4.42. The van der Waals surface area contributed by atoms with Crippen LogP contribution in [0.3, 0.4) is 0 Å². The quantitative estimate of drug-likeness (QED) is 0.527. The smallest absolute Gasteiger partial charge is 0.158 e. The summed E-state index contributed by atoms with van der Waals surface area (Å²) in [6, 6.07) is 7.66. The molecule has 1 N–H and O–H groups in total. The van der Waals surface area contributed by atoms with Crippen LogP contribution < -0.4 is 5.43 Å². The third-order valence-electron chi connectivity index (χ3n) is 4.34. The average Bonchev–Trinajstić information content (AvgIpc) is 2.99. The monoisotopic (exact) mass is 356 g/mol. The van der Waals surface area contributed by atoms with Crippen molar-refractivity contribution < 1.29 is 0 Å². The first-order chi connectivity index (χ1) is 11.7. The SMILES string of the molecule is CC(=NNc1ncnc2sc3c(c12)CCCC3)c1ccc(Cl)cc1. The molecule has 1 aromatic carbocycles. The lowest BCUT2D eigenvalue weighted by Crippen LogP contribution is -2.03. The average molecular weight is 357 g/mol. The largest absolute Gasteiger partial charge is 0.260 e. The summed E-state index contributed by atoms with van der Waals surface area (Å²) in [5.74, 6) is 0.799. The Morgan fingerprint density at radius 1 is 1.17 bits per heavy atom. The lowest BCUT2D eigenvalue weighted by atomic mass is 9.97. The van der Waals surface area contributed by atoms with Gasteiger partial charge in [0, 0.05) is 9.90 Å². The minimum Gasteiger partial charge on any atom is -0.260 e. The Morgan fingerprint density at radius 3 is 2.79 bits per heavy atom. The number of hydrazone groups is 1. The molecular formula is C18H17ClN4S. The van der Waals surface area contributed by atoms with Gasteiger partial charge >= 0.3 is 0 Å². The molecule has 0 unspecified atom stereocenters.